The van der Waals surface area contributed by atoms with E-state index >= 15 is 0 Å². The van der Waals surface area contributed by atoms with Gasteiger partial charge in [0.05, 0.1) is 11.3 Å². The molecule has 0 unspecified atom stereocenters. The number of nitrogens with one attached hydrogen (secondary N) is 2. The Balaban J connectivity index is 1.37. The minimum Gasteiger partial charge on any atom is -0.483 e. The zero-order valence-corrected chi connectivity index (χ0v) is 17.9. The maximum Gasteiger partial charge on any atom is 0.264 e. The van der Waals surface area contributed by atoms with Crippen LogP contribution in [-0.2, 0) is 4.79 Å². The second-order valence-corrected chi connectivity index (χ2v) is 7.68. The average Bonchev–Trinajstić information content (AvgIpc) is 3.28. The van der Waals surface area contributed by atoms with Crippen LogP contribution in [-0.4, -0.2) is 23.4 Å². The second-order valence-electron chi connectivity index (χ2n) is 6.82. The Kier molecular flexibility index (Phi) is 6.70. The summed E-state index contributed by atoms with van der Waals surface area (Å²) in [5.74, 6) is -2.53. The van der Waals surface area contributed by atoms with E-state index in [1.54, 1.807) is 53.9 Å². The third-order valence-corrected chi connectivity index (χ3v) is 5.25. The van der Waals surface area contributed by atoms with Crippen LogP contribution in [0.2, 0.25) is 0 Å². The van der Waals surface area contributed by atoms with Gasteiger partial charge >= 0.3 is 0 Å². The first kappa shape index (κ1) is 22.1. The van der Waals surface area contributed by atoms with Gasteiger partial charge < -0.3 is 10.1 Å². The monoisotopic (exact) mass is 465 g/mol. The van der Waals surface area contributed by atoms with E-state index in [9.17, 15) is 18.4 Å². The molecule has 6 nitrogen and oxygen atoms in total. The average molecular weight is 465 g/mol. The lowest BCUT2D eigenvalue weighted by Crippen LogP contribution is -2.21. The molecule has 0 aliphatic carbocycles. The molecule has 4 rings (SSSR count). The fraction of sp³-hybridized carbons (Fsp3) is 0.0417. The predicted octanol–water partition coefficient (Wildman–Crippen LogP) is 5.36. The number of amides is 2. The standard InChI is InChI=1S/C24H17F2N3O3S/c25-18-11-10-15(12-19(18)26)20-14-33-24(28-20)29-22(30)13-32-21-9-5-4-8-17(21)23(31)27-16-6-2-1-3-7-16/h1-12,14H,13H2,(H,27,31)(H,28,29,30). The van der Waals surface area contributed by atoms with Crippen molar-refractivity contribution in [3.8, 4) is 17.0 Å². The molecule has 0 aliphatic rings. The van der Waals surface area contributed by atoms with Crippen LogP contribution < -0.4 is 15.4 Å². The minimum atomic E-state index is -0.977. The van der Waals surface area contributed by atoms with Crippen LogP contribution in [0.25, 0.3) is 11.3 Å². The Morgan fingerprint density at radius 2 is 1.67 bits per heavy atom. The van der Waals surface area contributed by atoms with Crippen LogP contribution >= 0.6 is 11.3 Å². The SMILES string of the molecule is O=C(COc1ccccc1C(=O)Nc1ccccc1)Nc1nc(-c2ccc(F)c(F)c2)cs1. The van der Waals surface area contributed by atoms with Gasteiger partial charge in [-0.15, -0.1) is 11.3 Å². The first-order valence-electron chi connectivity index (χ1n) is 9.78. The van der Waals surface area contributed by atoms with Crippen molar-refractivity contribution >= 4 is 34.0 Å². The largest absolute Gasteiger partial charge is 0.483 e. The predicted molar refractivity (Wildman–Crippen MR) is 122 cm³/mol. The van der Waals surface area contributed by atoms with E-state index in [-0.39, 0.29) is 29.0 Å². The number of thiazole rings is 1. The summed E-state index contributed by atoms with van der Waals surface area (Å²) in [5.41, 5.74) is 1.71. The van der Waals surface area contributed by atoms with Gasteiger partial charge in [-0.3, -0.25) is 14.9 Å². The normalized spacial score (nSPS) is 10.5. The van der Waals surface area contributed by atoms with Crippen LogP contribution in [0, 0.1) is 11.6 Å². The molecular weight excluding hydrogens is 448 g/mol. The third-order valence-electron chi connectivity index (χ3n) is 4.49. The molecule has 4 aromatic rings. The second kappa shape index (κ2) is 10.0. The summed E-state index contributed by atoms with van der Waals surface area (Å²) in [5, 5.41) is 7.26. The van der Waals surface area contributed by atoms with Crippen molar-refractivity contribution in [2.75, 3.05) is 17.2 Å². The lowest BCUT2D eigenvalue weighted by Gasteiger charge is -2.11. The number of hydrogen-bond acceptors (Lipinski definition) is 5. The van der Waals surface area contributed by atoms with Gasteiger partial charge in [-0.2, -0.15) is 0 Å². The highest BCUT2D eigenvalue weighted by molar-refractivity contribution is 7.14. The van der Waals surface area contributed by atoms with Crippen molar-refractivity contribution < 1.29 is 23.1 Å². The van der Waals surface area contributed by atoms with Gasteiger partial charge in [0, 0.05) is 16.6 Å². The minimum absolute atomic E-state index is 0.252. The Morgan fingerprint density at radius 1 is 0.909 bits per heavy atom. The molecule has 166 valence electrons. The van der Waals surface area contributed by atoms with Crippen molar-refractivity contribution in [2.45, 2.75) is 0 Å². The highest BCUT2D eigenvalue weighted by Gasteiger charge is 2.15. The molecule has 0 saturated carbocycles. The topological polar surface area (TPSA) is 80.3 Å². The molecule has 0 aliphatic heterocycles. The zero-order valence-electron chi connectivity index (χ0n) is 17.0. The van der Waals surface area contributed by atoms with Gasteiger partial charge in [0.2, 0.25) is 0 Å². The maximum atomic E-state index is 13.4. The third kappa shape index (κ3) is 5.58. The number of benzene rings is 3. The number of carbonyl (C=O) groups excluding carboxylic acids is 2. The van der Waals surface area contributed by atoms with Gasteiger partial charge in [-0.05, 0) is 42.5 Å². The van der Waals surface area contributed by atoms with Crippen molar-refractivity contribution in [2.24, 2.45) is 0 Å². The molecule has 1 heterocycles. The van der Waals surface area contributed by atoms with Crippen LogP contribution in [0.15, 0.2) is 78.2 Å². The molecule has 0 atom stereocenters. The van der Waals surface area contributed by atoms with Gasteiger partial charge in [-0.1, -0.05) is 30.3 Å². The molecule has 9 heteroatoms. The molecule has 0 spiro atoms. The Bertz CT molecular complexity index is 1300. The molecule has 33 heavy (non-hydrogen) atoms. The van der Waals surface area contributed by atoms with E-state index in [2.05, 4.69) is 15.6 Å². The van der Waals surface area contributed by atoms with Crippen molar-refractivity contribution in [1.82, 2.24) is 4.98 Å². The van der Waals surface area contributed by atoms with Crippen molar-refractivity contribution in [3.05, 3.63) is 95.4 Å². The number of para-hydroxylation sites is 2. The molecule has 0 fully saturated rings. The quantitative estimate of drug-likeness (QED) is 0.385. The summed E-state index contributed by atoms with van der Waals surface area (Å²) in [6.07, 6.45) is 0. The van der Waals surface area contributed by atoms with Crippen LogP contribution in [0.1, 0.15) is 10.4 Å². The number of halogens is 2. The van der Waals surface area contributed by atoms with E-state index in [4.69, 9.17) is 4.74 Å². The molecule has 0 radical (unpaired) electrons. The van der Waals surface area contributed by atoms with Gasteiger partial charge in [0.1, 0.15) is 5.75 Å². The Hall–Kier alpha value is -4.11. The van der Waals surface area contributed by atoms with E-state index in [0.717, 1.165) is 23.5 Å². The molecule has 2 N–H and O–H groups in total. The number of anilines is 2. The van der Waals surface area contributed by atoms with Gasteiger partial charge in [0.25, 0.3) is 11.8 Å². The number of carbonyl (C=O) groups is 2. The summed E-state index contributed by atoms with van der Waals surface area (Å²) < 4.78 is 32.1. The highest BCUT2D eigenvalue weighted by atomic mass is 32.1. The number of nitrogens with zero attached hydrogens (tertiary/aromatic N) is 1. The summed E-state index contributed by atoms with van der Waals surface area (Å²) in [7, 11) is 0. The lowest BCUT2D eigenvalue weighted by atomic mass is 10.2. The van der Waals surface area contributed by atoms with Gasteiger partial charge in [-0.25, -0.2) is 13.8 Å². The lowest BCUT2D eigenvalue weighted by molar-refractivity contribution is -0.118. The van der Waals surface area contributed by atoms with Crippen molar-refractivity contribution in [1.29, 1.82) is 0 Å². The summed E-state index contributed by atoms with van der Waals surface area (Å²) in [6, 6.07) is 19.0. The summed E-state index contributed by atoms with van der Waals surface area (Å²) in [4.78, 5) is 29.1. The van der Waals surface area contributed by atoms with E-state index in [0.29, 0.717) is 16.9 Å². The molecular formula is C24H17F2N3O3S. The van der Waals surface area contributed by atoms with Crippen LogP contribution in [0.5, 0.6) is 5.75 Å². The number of hydrogen-bond donors (Lipinski definition) is 2. The first-order valence-corrected chi connectivity index (χ1v) is 10.7. The highest BCUT2D eigenvalue weighted by Crippen LogP contribution is 2.26. The van der Waals surface area contributed by atoms with E-state index in [1.165, 1.54) is 6.07 Å². The fourth-order valence-corrected chi connectivity index (χ4v) is 3.65. The Labute approximate surface area is 191 Å². The van der Waals surface area contributed by atoms with Crippen LogP contribution in [0.3, 0.4) is 0 Å². The number of aromatic nitrogens is 1. The maximum absolute atomic E-state index is 13.4. The van der Waals surface area contributed by atoms with E-state index in [1.807, 2.05) is 6.07 Å². The molecule has 3 aromatic carbocycles. The van der Waals surface area contributed by atoms with Crippen LogP contribution in [0.4, 0.5) is 19.6 Å². The summed E-state index contributed by atoms with van der Waals surface area (Å²) >= 11 is 1.13. The number of ether oxygens (including phenoxy) is 1. The first-order chi connectivity index (χ1) is 16.0. The molecule has 1 aromatic heterocycles. The molecule has 0 saturated heterocycles. The smallest absolute Gasteiger partial charge is 0.264 e. The summed E-state index contributed by atoms with van der Waals surface area (Å²) in [6.45, 7) is -0.351. The Morgan fingerprint density at radius 3 is 2.45 bits per heavy atom. The molecule has 0 bridgehead atoms. The van der Waals surface area contributed by atoms with Crippen molar-refractivity contribution in [3.63, 3.8) is 0 Å². The fourth-order valence-electron chi connectivity index (χ4n) is 2.92. The number of rotatable bonds is 7. The van der Waals surface area contributed by atoms with Gasteiger partial charge in [0.15, 0.2) is 23.4 Å². The molecule has 2 amide bonds. The zero-order chi connectivity index (χ0) is 23.2. The van der Waals surface area contributed by atoms with E-state index < -0.39 is 17.5 Å².